The largest absolute Gasteiger partial charge is 0.508 e. The molecule has 0 bridgehead atoms. The van der Waals surface area contributed by atoms with Crippen LogP contribution >= 0.6 is 0 Å². The molecule has 2 amide bonds. The number of amides is 2. The van der Waals surface area contributed by atoms with Crippen LogP contribution in [-0.4, -0.2) is 50.6 Å². The van der Waals surface area contributed by atoms with Crippen molar-refractivity contribution in [2.75, 3.05) is 6.54 Å². The summed E-state index contributed by atoms with van der Waals surface area (Å²) in [5.41, 5.74) is 6.67. The van der Waals surface area contributed by atoms with Crippen LogP contribution < -0.4 is 11.1 Å². The Bertz CT molecular complexity index is 897. The maximum atomic E-state index is 12.4. The number of hydrogen-bond acceptors (Lipinski definition) is 6. The van der Waals surface area contributed by atoms with Crippen LogP contribution in [0.15, 0.2) is 48.5 Å². The number of β-lactam (4-membered cyclic amide) rings is 1. The molecule has 9 heteroatoms. The van der Waals surface area contributed by atoms with Gasteiger partial charge in [0.1, 0.15) is 23.6 Å². The fraction of sp³-hybridized carbons (Fsp3) is 0.211. The number of carbonyl (C=O) groups excluding carboxylic acids is 2. The maximum absolute atomic E-state index is 12.4. The summed E-state index contributed by atoms with van der Waals surface area (Å²) in [6, 6.07) is 8.21. The molecule has 0 unspecified atom stereocenters. The van der Waals surface area contributed by atoms with Crippen LogP contribution in [-0.2, 0) is 14.4 Å². The first kappa shape index (κ1) is 19.2. The van der Waals surface area contributed by atoms with E-state index in [0.29, 0.717) is 11.1 Å². The van der Waals surface area contributed by atoms with E-state index in [1.807, 2.05) is 0 Å². The molecule has 0 spiro atoms. The molecule has 28 heavy (non-hydrogen) atoms. The van der Waals surface area contributed by atoms with Crippen molar-refractivity contribution in [1.29, 1.82) is 0 Å². The fourth-order valence-corrected chi connectivity index (χ4v) is 3.00. The van der Waals surface area contributed by atoms with Crippen molar-refractivity contribution in [3.05, 3.63) is 59.7 Å². The Morgan fingerprint density at radius 2 is 1.50 bits per heavy atom. The maximum Gasteiger partial charge on any atom is 0.331 e. The lowest BCUT2D eigenvalue weighted by molar-refractivity contribution is -0.160. The number of likely N-dealkylation sites (tertiary alicyclic amines) is 1. The van der Waals surface area contributed by atoms with E-state index in [2.05, 4.69) is 5.32 Å². The molecular weight excluding hydrogens is 366 g/mol. The van der Waals surface area contributed by atoms with Crippen LogP contribution in [0.4, 0.5) is 0 Å². The standard InChI is InChI=1S/C19H19N3O6/c20-15(10-1-5-12(23)6-2-10)17(25)21-14-9-22(18(14)26)16(19(27)28)11-3-7-13(24)8-4-11/h1-8,14-16,23-24H,9,20H2,(H,21,25)(H,27,28)/t14-,15+,16-/m0/s1. The van der Waals surface area contributed by atoms with Crippen LogP contribution in [0.25, 0.3) is 0 Å². The van der Waals surface area contributed by atoms with Gasteiger partial charge in [-0.25, -0.2) is 4.79 Å². The number of nitrogens with one attached hydrogen (secondary N) is 1. The molecule has 0 radical (unpaired) electrons. The number of nitrogens with zero attached hydrogens (tertiary/aromatic N) is 1. The second-order valence-electron chi connectivity index (χ2n) is 6.45. The van der Waals surface area contributed by atoms with E-state index in [9.17, 15) is 29.7 Å². The Morgan fingerprint density at radius 3 is 1.96 bits per heavy atom. The van der Waals surface area contributed by atoms with Crippen LogP contribution in [0.2, 0.25) is 0 Å². The number of aromatic hydroxyl groups is 2. The SMILES string of the molecule is N[C@@H](C(=O)N[C@H]1CN([C@H](C(=O)O)c2ccc(O)cc2)C1=O)c1ccc(O)cc1. The van der Waals surface area contributed by atoms with Gasteiger partial charge < -0.3 is 31.3 Å². The molecule has 2 aromatic carbocycles. The predicted octanol–water partition coefficient (Wildman–Crippen LogP) is 0.251. The zero-order valence-electron chi connectivity index (χ0n) is 14.6. The first-order chi connectivity index (χ1) is 13.3. The average molecular weight is 385 g/mol. The lowest BCUT2D eigenvalue weighted by Crippen LogP contribution is -2.66. The Morgan fingerprint density at radius 1 is 1.00 bits per heavy atom. The molecule has 3 atom stereocenters. The minimum atomic E-state index is -1.22. The van der Waals surface area contributed by atoms with E-state index in [0.717, 1.165) is 4.90 Å². The zero-order valence-corrected chi connectivity index (χ0v) is 14.6. The molecule has 2 aromatic rings. The number of hydrogen-bond donors (Lipinski definition) is 5. The van der Waals surface area contributed by atoms with Gasteiger partial charge in [0.15, 0.2) is 6.04 Å². The van der Waals surface area contributed by atoms with E-state index in [1.54, 1.807) is 0 Å². The minimum absolute atomic E-state index is 0.0174. The third kappa shape index (κ3) is 3.74. The number of carboxylic acid groups (broad SMARTS) is 1. The molecule has 0 saturated carbocycles. The highest BCUT2D eigenvalue weighted by atomic mass is 16.4. The summed E-state index contributed by atoms with van der Waals surface area (Å²) in [6.45, 7) is 0.0186. The summed E-state index contributed by atoms with van der Waals surface area (Å²) < 4.78 is 0. The number of carboxylic acids is 1. The summed E-state index contributed by atoms with van der Waals surface area (Å²) >= 11 is 0. The Kier molecular flexibility index (Phi) is 5.18. The summed E-state index contributed by atoms with van der Waals surface area (Å²) in [5, 5.41) is 30.6. The van der Waals surface area contributed by atoms with Gasteiger partial charge in [-0.1, -0.05) is 24.3 Å². The topological polar surface area (TPSA) is 153 Å². The Hall–Kier alpha value is -3.59. The van der Waals surface area contributed by atoms with Gasteiger partial charge in [0.25, 0.3) is 0 Å². The van der Waals surface area contributed by atoms with Crippen LogP contribution in [0.3, 0.4) is 0 Å². The van der Waals surface area contributed by atoms with Gasteiger partial charge in [-0.15, -0.1) is 0 Å². The van der Waals surface area contributed by atoms with E-state index >= 15 is 0 Å². The first-order valence-corrected chi connectivity index (χ1v) is 8.45. The molecule has 1 aliphatic heterocycles. The number of phenols is 2. The van der Waals surface area contributed by atoms with Gasteiger partial charge in [0.2, 0.25) is 11.8 Å². The average Bonchev–Trinajstić information content (AvgIpc) is 2.67. The van der Waals surface area contributed by atoms with Crippen molar-refractivity contribution in [2.24, 2.45) is 5.73 Å². The zero-order chi connectivity index (χ0) is 20.4. The molecule has 1 heterocycles. The summed E-state index contributed by atoms with van der Waals surface area (Å²) in [4.78, 5) is 37.5. The van der Waals surface area contributed by atoms with E-state index in [-0.39, 0.29) is 18.0 Å². The van der Waals surface area contributed by atoms with Crippen molar-refractivity contribution in [3.8, 4) is 11.5 Å². The number of phenolic OH excluding ortho intramolecular Hbond substituents is 2. The smallest absolute Gasteiger partial charge is 0.331 e. The van der Waals surface area contributed by atoms with Crippen LogP contribution in [0.1, 0.15) is 23.2 Å². The molecule has 9 nitrogen and oxygen atoms in total. The number of aliphatic carboxylic acids is 1. The van der Waals surface area contributed by atoms with Gasteiger partial charge in [0, 0.05) is 0 Å². The van der Waals surface area contributed by atoms with Gasteiger partial charge in [0.05, 0.1) is 6.54 Å². The third-order valence-corrected chi connectivity index (χ3v) is 4.57. The van der Waals surface area contributed by atoms with Crippen molar-refractivity contribution < 1.29 is 29.7 Å². The molecule has 1 fully saturated rings. The van der Waals surface area contributed by atoms with Crippen LogP contribution in [0, 0.1) is 0 Å². The second kappa shape index (κ2) is 7.57. The molecule has 1 saturated heterocycles. The molecule has 6 N–H and O–H groups in total. The van der Waals surface area contributed by atoms with Gasteiger partial charge in [-0.05, 0) is 35.4 Å². The van der Waals surface area contributed by atoms with Crippen molar-refractivity contribution >= 4 is 17.8 Å². The highest BCUT2D eigenvalue weighted by molar-refractivity contribution is 5.96. The summed E-state index contributed by atoms with van der Waals surface area (Å²) in [5.74, 6) is -2.32. The Balaban J connectivity index is 1.65. The highest BCUT2D eigenvalue weighted by Crippen LogP contribution is 2.28. The molecule has 3 rings (SSSR count). The lowest BCUT2D eigenvalue weighted by atomic mass is 9.97. The monoisotopic (exact) mass is 385 g/mol. The normalized spacial score (nSPS) is 18.1. The van der Waals surface area contributed by atoms with E-state index < -0.39 is 35.9 Å². The number of carbonyl (C=O) groups is 3. The minimum Gasteiger partial charge on any atom is -0.508 e. The predicted molar refractivity (Wildman–Crippen MR) is 97.2 cm³/mol. The van der Waals surface area contributed by atoms with Crippen molar-refractivity contribution in [3.63, 3.8) is 0 Å². The van der Waals surface area contributed by atoms with Crippen LogP contribution in [0.5, 0.6) is 11.5 Å². The summed E-state index contributed by atoms with van der Waals surface area (Å²) in [7, 11) is 0. The molecule has 0 aromatic heterocycles. The third-order valence-electron chi connectivity index (χ3n) is 4.57. The highest BCUT2D eigenvalue weighted by Gasteiger charge is 2.45. The number of nitrogens with two attached hydrogens (primary N) is 1. The summed E-state index contributed by atoms with van der Waals surface area (Å²) in [6.07, 6.45) is 0. The van der Waals surface area contributed by atoms with Gasteiger partial charge in [-0.2, -0.15) is 0 Å². The second-order valence-corrected chi connectivity index (χ2v) is 6.45. The molecule has 1 aliphatic rings. The fourth-order valence-electron chi connectivity index (χ4n) is 3.00. The molecule has 0 aliphatic carbocycles. The molecule has 146 valence electrons. The van der Waals surface area contributed by atoms with Gasteiger partial charge in [-0.3, -0.25) is 9.59 Å². The Labute approximate surface area is 160 Å². The number of benzene rings is 2. The first-order valence-electron chi connectivity index (χ1n) is 8.45. The lowest BCUT2D eigenvalue weighted by Gasteiger charge is -2.42. The van der Waals surface area contributed by atoms with Crippen molar-refractivity contribution in [1.82, 2.24) is 10.2 Å². The van der Waals surface area contributed by atoms with Crippen molar-refractivity contribution in [2.45, 2.75) is 18.1 Å². The number of rotatable bonds is 6. The van der Waals surface area contributed by atoms with Gasteiger partial charge >= 0.3 is 5.97 Å². The van der Waals surface area contributed by atoms with E-state index in [1.165, 1.54) is 48.5 Å². The van der Waals surface area contributed by atoms with E-state index in [4.69, 9.17) is 5.73 Å². The quantitative estimate of drug-likeness (QED) is 0.447. The molecular formula is C19H19N3O6.